The van der Waals surface area contributed by atoms with Gasteiger partial charge in [0.2, 0.25) is 11.8 Å². The van der Waals surface area contributed by atoms with Crippen molar-refractivity contribution in [3.63, 3.8) is 0 Å². The Morgan fingerprint density at radius 3 is 3.22 bits per heavy atom. The lowest BCUT2D eigenvalue weighted by Gasteiger charge is -2.29. The fourth-order valence-electron chi connectivity index (χ4n) is 3.56. The molecular weight excluding hydrogens is 312 g/mol. The monoisotopic (exact) mass is 332 g/mol. The van der Waals surface area contributed by atoms with Crippen LogP contribution < -0.4 is 0 Å². The summed E-state index contributed by atoms with van der Waals surface area (Å²) >= 11 is 1.58. The van der Waals surface area contributed by atoms with Gasteiger partial charge < -0.3 is 14.1 Å². The summed E-state index contributed by atoms with van der Waals surface area (Å²) in [6.45, 7) is 1.55. The number of thiophene rings is 1. The Hall–Kier alpha value is -1.66. The van der Waals surface area contributed by atoms with Gasteiger partial charge in [0.25, 0.3) is 0 Å². The molecule has 0 radical (unpaired) electrons. The molecule has 122 valence electrons. The van der Waals surface area contributed by atoms with Crippen LogP contribution in [0.15, 0.2) is 28.2 Å². The molecule has 1 amide bonds. The zero-order chi connectivity index (χ0) is 15.6. The highest BCUT2D eigenvalue weighted by atomic mass is 32.1. The summed E-state index contributed by atoms with van der Waals surface area (Å²) in [6.07, 6.45) is 6.31. The highest BCUT2D eigenvalue weighted by molar-refractivity contribution is 7.13. The van der Waals surface area contributed by atoms with Crippen LogP contribution in [0.1, 0.15) is 31.4 Å². The fourth-order valence-corrected chi connectivity index (χ4v) is 4.22. The highest BCUT2D eigenvalue weighted by Crippen LogP contribution is 2.30. The van der Waals surface area contributed by atoms with Gasteiger partial charge in [-0.2, -0.15) is 0 Å². The maximum atomic E-state index is 12.7. The molecule has 0 N–H and O–H groups in total. The maximum absolute atomic E-state index is 12.7. The highest BCUT2D eigenvalue weighted by Gasteiger charge is 2.36. The van der Waals surface area contributed by atoms with Crippen molar-refractivity contribution in [2.24, 2.45) is 0 Å². The molecule has 5 nitrogen and oxygen atoms in total. The Kier molecular flexibility index (Phi) is 4.18. The summed E-state index contributed by atoms with van der Waals surface area (Å²) in [6, 6.07) is 4.18. The molecule has 2 aromatic heterocycles. The second-order valence-electron chi connectivity index (χ2n) is 6.15. The first-order valence-electron chi connectivity index (χ1n) is 8.20. The first-order valence-corrected chi connectivity index (χ1v) is 9.08. The number of nitrogens with zero attached hydrogens (tertiary/aromatic N) is 2. The number of oxazole rings is 1. The van der Waals surface area contributed by atoms with Gasteiger partial charge >= 0.3 is 0 Å². The Labute approximate surface area is 139 Å². The van der Waals surface area contributed by atoms with Crippen molar-refractivity contribution >= 4 is 17.2 Å². The first kappa shape index (κ1) is 14.9. The molecule has 0 unspecified atom stereocenters. The fraction of sp³-hybridized carbons (Fsp3) is 0.529. The van der Waals surface area contributed by atoms with E-state index in [9.17, 15) is 4.79 Å². The van der Waals surface area contributed by atoms with Crippen LogP contribution in [0.25, 0.3) is 10.8 Å². The lowest BCUT2D eigenvalue weighted by molar-refractivity contribution is -0.134. The average Bonchev–Trinajstić information content (AvgIpc) is 3.27. The third-order valence-electron chi connectivity index (χ3n) is 4.63. The second kappa shape index (κ2) is 6.45. The van der Waals surface area contributed by atoms with E-state index in [4.69, 9.17) is 9.15 Å². The molecule has 3 heterocycles. The van der Waals surface area contributed by atoms with E-state index in [-0.39, 0.29) is 18.1 Å². The van der Waals surface area contributed by atoms with E-state index in [0.29, 0.717) is 18.0 Å². The van der Waals surface area contributed by atoms with Gasteiger partial charge in [-0.1, -0.05) is 6.07 Å². The van der Waals surface area contributed by atoms with E-state index in [2.05, 4.69) is 4.98 Å². The minimum absolute atomic E-state index is 0.137. The van der Waals surface area contributed by atoms with Crippen molar-refractivity contribution in [1.82, 2.24) is 9.88 Å². The van der Waals surface area contributed by atoms with Crippen LogP contribution >= 0.6 is 11.3 Å². The Morgan fingerprint density at radius 1 is 1.39 bits per heavy atom. The molecule has 0 aromatic carbocycles. The summed E-state index contributed by atoms with van der Waals surface area (Å²) in [5, 5.41) is 1.99. The molecule has 2 aromatic rings. The van der Waals surface area contributed by atoms with Gasteiger partial charge in [0.15, 0.2) is 0 Å². The normalized spacial score (nSPS) is 24.4. The molecular formula is C17H20N2O3S. The number of fused-ring (bicyclic) bond motifs is 1. The number of amides is 1. The van der Waals surface area contributed by atoms with Crippen LogP contribution in [-0.2, 0) is 16.0 Å². The molecule has 0 bridgehead atoms. The van der Waals surface area contributed by atoms with Gasteiger partial charge in [-0.25, -0.2) is 4.98 Å². The van der Waals surface area contributed by atoms with Gasteiger partial charge in [-0.15, -0.1) is 11.3 Å². The topological polar surface area (TPSA) is 55.6 Å². The summed E-state index contributed by atoms with van der Waals surface area (Å²) in [4.78, 5) is 20.2. The van der Waals surface area contributed by atoms with Crippen molar-refractivity contribution in [2.45, 2.75) is 44.2 Å². The van der Waals surface area contributed by atoms with E-state index in [1.54, 1.807) is 17.6 Å². The predicted octanol–water partition coefficient (Wildman–Crippen LogP) is 3.12. The van der Waals surface area contributed by atoms with E-state index in [0.717, 1.165) is 43.7 Å². The number of rotatable bonds is 3. The Morgan fingerprint density at radius 2 is 2.35 bits per heavy atom. The molecule has 2 fully saturated rings. The number of hydrogen-bond donors (Lipinski definition) is 0. The third kappa shape index (κ3) is 3.05. The van der Waals surface area contributed by atoms with Gasteiger partial charge in [0.05, 0.1) is 29.1 Å². The minimum Gasteiger partial charge on any atom is -0.444 e. The zero-order valence-electron chi connectivity index (χ0n) is 12.9. The summed E-state index contributed by atoms with van der Waals surface area (Å²) in [7, 11) is 0. The van der Waals surface area contributed by atoms with Crippen LogP contribution in [0.5, 0.6) is 0 Å². The molecule has 6 heteroatoms. The number of ether oxygens (including phenoxy) is 1. The van der Waals surface area contributed by atoms with Gasteiger partial charge in [-0.3, -0.25) is 4.79 Å². The van der Waals surface area contributed by atoms with Crippen LogP contribution in [-0.4, -0.2) is 41.1 Å². The lowest BCUT2D eigenvalue weighted by Crippen LogP contribution is -2.44. The quantitative estimate of drug-likeness (QED) is 0.866. The van der Waals surface area contributed by atoms with Crippen molar-refractivity contribution in [1.29, 1.82) is 0 Å². The molecule has 1 saturated carbocycles. The standard InChI is InChI=1S/C17H20N2O3S/c20-16(19-7-3-8-21-14-5-1-4-13(14)19)10-12-11-22-17(18-12)15-6-2-9-23-15/h2,6,9,11,13-14H,1,3-5,7-8,10H2/t13-,14-/m1/s1. The summed E-state index contributed by atoms with van der Waals surface area (Å²) in [5.74, 6) is 0.735. The summed E-state index contributed by atoms with van der Waals surface area (Å²) < 4.78 is 11.4. The molecule has 23 heavy (non-hydrogen) atoms. The average molecular weight is 332 g/mol. The third-order valence-corrected chi connectivity index (χ3v) is 5.49. The minimum atomic E-state index is 0.137. The maximum Gasteiger partial charge on any atom is 0.236 e. The van der Waals surface area contributed by atoms with Gasteiger partial charge in [0, 0.05) is 13.2 Å². The van der Waals surface area contributed by atoms with Crippen LogP contribution in [0.3, 0.4) is 0 Å². The van der Waals surface area contributed by atoms with E-state index in [1.807, 2.05) is 22.4 Å². The SMILES string of the molecule is O=C(Cc1coc(-c2cccs2)n1)N1CCCO[C@@H]2CCC[C@H]21. The number of aromatic nitrogens is 1. The molecule has 0 spiro atoms. The molecule has 1 aliphatic heterocycles. The van der Waals surface area contributed by atoms with Crippen molar-refractivity contribution in [3.05, 3.63) is 29.5 Å². The van der Waals surface area contributed by atoms with Crippen molar-refractivity contribution in [2.75, 3.05) is 13.2 Å². The van der Waals surface area contributed by atoms with Gasteiger partial charge in [-0.05, 0) is 37.1 Å². The van der Waals surface area contributed by atoms with Gasteiger partial charge in [0.1, 0.15) is 6.26 Å². The molecule has 2 aliphatic rings. The number of hydrogen-bond acceptors (Lipinski definition) is 5. The van der Waals surface area contributed by atoms with E-state index < -0.39 is 0 Å². The van der Waals surface area contributed by atoms with E-state index in [1.165, 1.54) is 0 Å². The zero-order valence-corrected chi connectivity index (χ0v) is 13.8. The van der Waals surface area contributed by atoms with Crippen molar-refractivity contribution in [3.8, 4) is 10.8 Å². The number of carbonyl (C=O) groups excluding carboxylic acids is 1. The Balaban J connectivity index is 1.46. The predicted molar refractivity (Wildman–Crippen MR) is 87.2 cm³/mol. The summed E-state index contributed by atoms with van der Waals surface area (Å²) in [5.41, 5.74) is 0.707. The number of carbonyl (C=O) groups is 1. The largest absolute Gasteiger partial charge is 0.444 e. The smallest absolute Gasteiger partial charge is 0.236 e. The molecule has 1 saturated heterocycles. The van der Waals surface area contributed by atoms with Crippen LogP contribution in [0.4, 0.5) is 0 Å². The first-order chi connectivity index (χ1) is 11.3. The molecule has 2 atom stereocenters. The van der Waals surface area contributed by atoms with Crippen LogP contribution in [0, 0.1) is 0 Å². The van der Waals surface area contributed by atoms with Crippen molar-refractivity contribution < 1.29 is 13.9 Å². The van der Waals surface area contributed by atoms with E-state index >= 15 is 0 Å². The Bertz CT molecular complexity index is 667. The molecule has 1 aliphatic carbocycles. The lowest BCUT2D eigenvalue weighted by atomic mass is 10.1. The second-order valence-corrected chi connectivity index (χ2v) is 7.09. The van der Waals surface area contributed by atoms with Crippen LogP contribution in [0.2, 0.25) is 0 Å². The molecule has 4 rings (SSSR count).